The van der Waals surface area contributed by atoms with E-state index in [0.29, 0.717) is 30.5 Å². The van der Waals surface area contributed by atoms with E-state index in [2.05, 4.69) is 29.1 Å². The Kier molecular flexibility index (Phi) is 4.82. The van der Waals surface area contributed by atoms with Crippen LogP contribution in [0.5, 0.6) is 17.4 Å². The van der Waals surface area contributed by atoms with Crippen molar-refractivity contribution in [2.24, 2.45) is 5.73 Å². The lowest BCUT2D eigenvalue weighted by atomic mass is 9.85. The molecule has 3 N–H and O–H groups in total. The van der Waals surface area contributed by atoms with E-state index in [0.717, 1.165) is 16.9 Å². The fourth-order valence-electron chi connectivity index (χ4n) is 2.86. The van der Waals surface area contributed by atoms with Gasteiger partial charge in [-0.15, -0.1) is 0 Å². The number of amides is 1. The van der Waals surface area contributed by atoms with Gasteiger partial charge in [-0.2, -0.15) is 0 Å². The molecule has 1 amide bonds. The maximum Gasteiger partial charge on any atom is 0.242 e. The first kappa shape index (κ1) is 18.1. The van der Waals surface area contributed by atoms with Gasteiger partial charge in [0.15, 0.2) is 5.82 Å². The smallest absolute Gasteiger partial charge is 0.242 e. The third-order valence-corrected chi connectivity index (χ3v) is 4.44. The van der Waals surface area contributed by atoms with E-state index in [4.69, 9.17) is 15.2 Å². The summed E-state index contributed by atoms with van der Waals surface area (Å²) < 4.78 is 11.8. The zero-order valence-electron chi connectivity index (χ0n) is 15.5. The molecule has 0 saturated carbocycles. The molecule has 1 aromatic heterocycles. The number of ether oxygens (including phenoxy) is 2. The zero-order chi connectivity index (χ0) is 18.9. The summed E-state index contributed by atoms with van der Waals surface area (Å²) in [7, 11) is 0. The third kappa shape index (κ3) is 3.48. The quantitative estimate of drug-likeness (QED) is 0.854. The lowest BCUT2D eigenvalue weighted by Gasteiger charge is -2.19. The van der Waals surface area contributed by atoms with Gasteiger partial charge in [0.05, 0.1) is 25.0 Å². The highest BCUT2D eigenvalue weighted by Gasteiger charge is 2.36. The van der Waals surface area contributed by atoms with Crippen LogP contribution in [0, 0.1) is 6.92 Å². The normalized spacial score (nSPS) is 15.7. The van der Waals surface area contributed by atoms with Gasteiger partial charge < -0.3 is 20.5 Å². The summed E-state index contributed by atoms with van der Waals surface area (Å²) in [5.74, 6) is 1.97. The minimum Gasteiger partial charge on any atom is -0.492 e. The van der Waals surface area contributed by atoms with Crippen LogP contribution in [0.4, 0.5) is 5.82 Å². The summed E-state index contributed by atoms with van der Waals surface area (Å²) in [5.41, 5.74) is 7.66. The molecule has 1 atom stereocenters. The van der Waals surface area contributed by atoms with Gasteiger partial charge in [-0.25, -0.2) is 9.97 Å². The first-order chi connectivity index (χ1) is 12.3. The molecule has 7 nitrogen and oxygen atoms in total. The molecule has 2 heterocycles. The lowest BCUT2D eigenvalue weighted by molar-refractivity contribution is -0.117. The van der Waals surface area contributed by atoms with Crippen LogP contribution in [-0.4, -0.2) is 28.5 Å². The highest BCUT2D eigenvalue weighted by atomic mass is 16.5. The number of benzene rings is 1. The van der Waals surface area contributed by atoms with Gasteiger partial charge in [-0.1, -0.05) is 26.8 Å². The molecular weight excluding hydrogens is 332 g/mol. The molecule has 0 bridgehead atoms. The second-order valence-corrected chi connectivity index (χ2v) is 7.10. The van der Waals surface area contributed by atoms with E-state index < -0.39 is 6.04 Å². The molecule has 1 aromatic carbocycles. The SMILES string of the molecule is CC[C@@H](N)C(=O)Nc1cnc(Oc2ccc(C)c3c2C(C)(C)CO3)cn1. The van der Waals surface area contributed by atoms with Crippen LogP contribution in [0.25, 0.3) is 0 Å². The molecule has 0 aliphatic carbocycles. The van der Waals surface area contributed by atoms with Crippen LogP contribution < -0.4 is 20.5 Å². The third-order valence-electron chi connectivity index (χ3n) is 4.44. The summed E-state index contributed by atoms with van der Waals surface area (Å²) in [6.07, 6.45) is 3.48. The Bertz CT molecular complexity index is 818. The lowest BCUT2D eigenvalue weighted by Crippen LogP contribution is -2.35. The molecule has 0 saturated heterocycles. The molecule has 0 radical (unpaired) electrons. The number of nitrogens with zero attached hydrogens (tertiary/aromatic N) is 2. The molecular formula is C19H24N4O3. The standard InChI is InChI=1S/C19H24N4O3/c1-5-12(20)18(24)23-14-8-22-15(9-21-14)26-13-7-6-11(2)17-16(13)19(3,4)10-25-17/h6-9,12H,5,10,20H2,1-4H3,(H,21,23,24)/t12-/m1/s1. The highest BCUT2D eigenvalue weighted by molar-refractivity contribution is 5.93. The fraction of sp³-hybridized carbons (Fsp3) is 0.421. The van der Waals surface area contributed by atoms with E-state index in [1.54, 1.807) is 0 Å². The van der Waals surface area contributed by atoms with Crippen LogP contribution in [0.3, 0.4) is 0 Å². The maximum absolute atomic E-state index is 11.8. The largest absolute Gasteiger partial charge is 0.492 e. The van der Waals surface area contributed by atoms with Crippen LogP contribution >= 0.6 is 0 Å². The Morgan fingerprint density at radius 2 is 2.15 bits per heavy atom. The van der Waals surface area contributed by atoms with Crippen molar-refractivity contribution in [1.82, 2.24) is 9.97 Å². The molecule has 3 rings (SSSR count). The fourth-order valence-corrected chi connectivity index (χ4v) is 2.86. The number of hydrogen-bond acceptors (Lipinski definition) is 6. The summed E-state index contributed by atoms with van der Waals surface area (Å²) >= 11 is 0. The Hall–Kier alpha value is -2.67. The summed E-state index contributed by atoms with van der Waals surface area (Å²) in [6, 6.07) is 3.32. The predicted octanol–water partition coefficient (Wildman–Crippen LogP) is 2.92. The number of aromatic nitrogens is 2. The van der Waals surface area contributed by atoms with E-state index in [-0.39, 0.29) is 11.3 Å². The zero-order valence-corrected chi connectivity index (χ0v) is 15.5. The number of nitrogens with two attached hydrogens (primary N) is 1. The number of carbonyl (C=O) groups excluding carboxylic acids is 1. The monoisotopic (exact) mass is 356 g/mol. The van der Waals surface area contributed by atoms with E-state index in [1.807, 2.05) is 26.0 Å². The van der Waals surface area contributed by atoms with E-state index in [9.17, 15) is 4.79 Å². The second kappa shape index (κ2) is 6.92. The second-order valence-electron chi connectivity index (χ2n) is 7.10. The molecule has 138 valence electrons. The van der Waals surface area contributed by atoms with Crippen molar-refractivity contribution in [2.45, 2.75) is 45.6 Å². The van der Waals surface area contributed by atoms with Crippen molar-refractivity contribution in [3.8, 4) is 17.4 Å². The Balaban J connectivity index is 1.79. The van der Waals surface area contributed by atoms with Crippen molar-refractivity contribution in [3.63, 3.8) is 0 Å². The van der Waals surface area contributed by atoms with Gasteiger partial charge in [0.2, 0.25) is 11.8 Å². The van der Waals surface area contributed by atoms with Crippen molar-refractivity contribution >= 4 is 11.7 Å². The average molecular weight is 356 g/mol. The van der Waals surface area contributed by atoms with Gasteiger partial charge >= 0.3 is 0 Å². The van der Waals surface area contributed by atoms with Crippen molar-refractivity contribution < 1.29 is 14.3 Å². The van der Waals surface area contributed by atoms with Crippen molar-refractivity contribution in [3.05, 3.63) is 35.7 Å². The van der Waals surface area contributed by atoms with Gasteiger partial charge in [0.25, 0.3) is 0 Å². The van der Waals surface area contributed by atoms with Gasteiger partial charge in [0, 0.05) is 11.0 Å². The Morgan fingerprint density at radius 3 is 2.81 bits per heavy atom. The number of hydrogen-bond donors (Lipinski definition) is 2. The van der Waals surface area contributed by atoms with Crippen LogP contribution in [-0.2, 0) is 10.2 Å². The molecule has 1 aliphatic heterocycles. The highest BCUT2D eigenvalue weighted by Crippen LogP contribution is 2.46. The molecule has 0 spiro atoms. The number of anilines is 1. The first-order valence-electron chi connectivity index (χ1n) is 8.65. The van der Waals surface area contributed by atoms with Crippen molar-refractivity contribution in [1.29, 1.82) is 0 Å². The molecule has 0 unspecified atom stereocenters. The molecule has 0 fully saturated rings. The van der Waals surface area contributed by atoms with E-state index >= 15 is 0 Å². The maximum atomic E-state index is 11.8. The summed E-state index contributed by atoms with van der Waals surface area (Å²) in [6.45, 7) is 8.71. The number of carbonyl (C=O) groups is 1. The number of fused-ring (bicyclic) bond motifs is 1. The number of aryl methyl sites for hydroxylation is 1. The molecule has 1 aliphatic rings. The van der Waals surface area contributed by atoms with Gasteiger partial charge in [-0.3, -0.25) is 4.79 Å². The Labute approximate surface area is 152 Å². The van der Waals surface area contributed by atoms with Gasteiger partial charge in [-0.05, 0) is 25.0 Å². The first-order valence-corrected chi connectivity index (χ1v) is 8.65. The van der Waals surface area contributed by atoms with Gasteiger partial charge in [0.1, 0.15) is 11.5 Å². The minimum atomic E-state index is -0.565. The molecule has 7 heteroatoms. The minimum absolute atomic E-state index is 0.145. The topological polar surface area (TPSA) is 99.4 Å². The van der Waals surface area contributed by atoms with Crippen LogP contribution in [0.2, 0.25) is 0 Å². The van der Waals surface area contributed by atoms with E-state index in [1.165, 1.54) is 12.4 Å². The molecule has 26 heavy (non-hydrogen) atoms. The number of nitrogens with one attached hydrogen (secondary N) is 1. The molecule has 2 aromatic rings. The average Bonchev–Trinajstić information content (AvgIpc) is 2.95. The van der Waals surface area contributed by atoms with Crippen molar-refractivity contribution in [2.75, 3.05) is 11.9 Å². The van der Waals surface area contributed by atoms with Crippen LogP contribution in [0.1, 0.15) is 38.3 Å². The predicted molar refractivity (Wildman–Crippen MR) is 98.7 cm³/mol. The summed E-state index contributed by atoms with van der Waals surface area (Å²) in [4.78, 5) is 20.2. The Morgan fingerprint density at radius 1 is 1.38 bits per heavy atom. The van der Waals surface area contributed by atoms with Crippen LogP contribution in [0.15, 0.2) is 24.5 Å². The summed E-state index contributed by atoms with van der Waals surface area (Å²) in [5, 5.41) is 2.63. The number of rotatable bonds is 5.